The summed E-state index contributed by atoms with van der Waals surface area (Å²) in [5, 5.41) is 3.11. The van der Waals surface area contributed by atoms with Crippen molar-refractivity contribution in [2.24, 2.45) is 5.92 Å². The van der Waals surface area contributed by atoms with Gasteiger partial charge in [-0.15, -0.1) is 0 Å². The van der Waals surface area contributed by atoms with E-state index in [9.17, 15) is 9.59 Å². The molecule has 0 spiro atoms. The molecule has 0 saturated carbocycles. The number of ether oxygens (including phenoxy) is 3. The largest absolute Gasteiger partial charge is 0.453 e. The van der Waals surface area contributed by atoms with Crippen LogP contribution in [0.25, 0.3) is 24.3 Å². The van der Waals surface area contributed by atoms with Crippen molar-refractivity contribution >= 4 is 47.4 Å². The molecule has 2 fully saturated rings. The number of ketones is 1. The van der Waals surface area contributed by atoms with Gasteiger partial charge in [-0.25, -0.2) is 4.79 Å². The molecule has 3 aliphatic heterocycles. The monoisotopic (exact) mass is 626 g/mol. The molecular formula is C40H38N2O5. The maximum absolute atomic E-state index is 13.5. The predicted octanol–water partition coefficient (Wildman–Crippen LogP) is 6.88. The summed E-state index contributed by atoms with van der Waals surface area (Å²) in [6, 6.07) is 29.6. The third-order valence-corrected chi connectivity index (χ3v) is 9.31. The van der Waals surface area contributed by atoms with Crippen molar-refractivity contribution in [2.45, 2.75) is 24.7 Å². The lowest BCUT2D eigenvalue weighted by molar-refractivity contribution is -0.0158. The Morgan fingerprint density at radius 1 is 0.745 bits per heavy atom. The molecule has 47 heavy (non-hydrogen) atoms. The van der Waals surface area contributed by atoms with Crippen LogP contribution in [0.1, 0.15) is 48.5 Å². The molecule has 4 atom stereocenters. The molecule has 238 valence electrons. The lowest BCUT2D eigenvalue weighted by Gasteiger charge is -2.17. The molecule has 7 nitrogen and oxygen atoms in total. The quantitative estimate of drug-likeness (QED) is 0.123. The molecule has 0 bridgehead atoms. The standard InChI is InChI=1S/C40H38N2O5/c1-41-33-18-11-28(12-19-33)4-3-26-9-16-31(17-10-26)40(44)47-36-25-46-38-34(24-45-39(36)38)37(43)30-14-7-27(8-15-30)5-6-29-13-20-35-32(23-29)21-22-42(35)2/h3-20,23,34,36,38-39,41H,21-22,24-25H2,1-2H3/b4-3+,6-5+/t34-,36-,38-,39-/m1/s1. The van der Waals surface area contributed by atoms with Gasteiger partial charge >= 0.3 is 5.97 Å². The van der Waals surface area contributed by atoms with Crippen LogP contribution in [0.5, 0.6) is 0 Å². The molecule has 1 N–H and O–H groups in total. The van der Waals surface area contributed by atoms with Crippen molar-refractivity contribution < 1.29 is 23.8 Å². The van der Waals surface area contributed by atoms with E-state index in [1.807, 2.05) is 79.9 Å². The molecular weight excluding hydrogens is 588 g/mol. The molecule has 0 radical (unpaired) electrons. The third-order valence-electron chi connectivity index (χ3n) is 9.31. The van der Waals surface area contributed by atoms with E-state index in [1.165, 1.54) is 16.8 Å². The first kappa shape index (κ1) is 30.7. The van der Waals surface area contributed by atoms with Crippen LogP contribution in [0.15, 0.2) is 91.0 Å². The lowest BCUT2D eigenvalue weighted by atomic mass is 9.92. The molecule has 4 aromatic carbocycles. The van der Waals surface area contributed by atoms with Gasteiger partial charge < -0.3 is 24.4 Å². The Morgan fingerprint density at radius 3 is 1.98 bits per heavy atom. The maximum atomic E-state index is 13.5. The van der Waals surface area contributed by atoms with E-state index in [4.69, 9.17) is 14.2 Å². The third kappa shape index (κ3) is 6.64. The van der Waals surface area contributed by atoms with Gasteiger partial charge in [0.2, 0.25) is 0 Å². The average molecular weight is 627 g/mol. The number of hydrogen-bond acceptors (Lipinski definition) is 7. The molecule has 4 aromatic rings. The van der Waals surface area contributed by atoms with E-state index in [1.54, 1.807) is 12.1 Å². The fraction of sp³-hybridized carbons (Fsp3) is 0.250. The Balaban J connectivity index is 0.925. The predicted molar refractivity (Wildman–Crippen MR) is 187 cm³/mol. The van der Waals surface area contributed by atoms with E-state index < -0.39 is 30.2 Å². The lowest BCUT2D eigenvalue weighted by Crippen LogP contribution is -2.34. The van der Waals surface area contributed by atoms with Gasteiger partial charge in [0.05, 0.1) is 30.8 Å². The van der Waals surface area contributed by atoms with Crippen LogP contribution >= 0.6 is 0 Å². The smallest absolute Gasteiger partial charge is 0.338 e. The molecule has 3 heterocycles. The average Bonchev–Trinajstić information content (AvgIpc) is 3.82. The first-order chi connectivity index (χ1) is 22.9. The van der Waals surface area contributed by atoms with Gasteiger partial charge in [-0.05, 0) is 70.6 Å². The van der Waals surface area contributed by atoms with Crippen molar-refractivity contribution in [3.63, 3.8) is 0 Å². The SMILES string of the molecule is CNc1ccc(/C=C/c2ccc(C(=O)O[C@@H]3CO[C@H]4[C@@H]3OC[C@@H]4C(=O)c3ccc(/C=C/c4ccc5c(c4)CCN5C)cc3)cc2)cc1. The molecule has 7 heteroatoms. The highest BCUT2D eigenvalue weighted by atomic mass is 16.6. The van der Waals surface area contributed by atoms with Crippen LogP contribution in [0, 0.1) is 5.92 Å². The van der Waals surface area contributed by atoms with E-state index in [0.29, 0.717) is 11.1 Å². The van der Waals surface area contributed by atoms with Crippen LogP contribution in [-0.2, 0) is 20.6 Å². The Labute approximate surface area is 275 Å². The number of fused-ring (bicyclic) bond motifs is 2. The van der Waals surface area contributed by atoms with Crippen molar-refractivity contribution in [2.75, 3.05) is 44.1 Å². The molecule has 0 amide bonds. The van der Waals surface area contributed by atoms with Crippen LogP contribution in [0.3, 0.4) is 0 Å². The van der Waals surface area contributed by atoms with Crippen molar-refractivity contribution in [3.05, 3.63) is 130 Å². The van der Waals surface area contributed by atoms with Gasteiger partial charge in [0.1, 0.15) is 6.10 Å². The van der Waals surface area contributed by atoms with Gasteiger partial charge in [-0.1, -0.05) is 78.9 Å². The van der Waals surface area contributed by atoms with Gasteiger partial charge in [0.25, 0.3) is 0 Å². The fourth-order valence-corrected chi connectivity index (χ4v) is 6.53. The number of anilines is 2. The summed E-state index contributed by atoms with van der Waals surface area (Å²) in [5.74, 6) is -0.911. The zero-order valence-electron chi connectivity index (χ0n) is 26.6. The summed E-state index contributed by atoms with van der Waals surface area (Å²) in [4.78, 5) is 28.7. The first-order valence-corrected chi connectivity index (χ1v) is 16.1. The summed E-state index contributed by atoms with van der Waals surface area (Å²) in [6.07, 6.45) is 7.78. The Kier molecular flexibility index (Phi) is 8.74. The van der Waals surface area contributed by atoms with Crippen LogP contribution < -0.4 is 10.2 Å². The van der Waals surface area contributed by atoms with Crippen LogP contribution in [-0.4, -0.2) is 63.9 Å². The number of carbonyl (C=O) groups excluding carboxylic acids is 2. The first-order valence-electron chi connectivity index (χ1n) is 16.1. The highest BCUT2D eigenvalue weighted by Gasteiger charge is 2.51. The summed E-state index contributed by atoms with van der Waals surface area (Å²) < 4.78 is 17.8. The van der Waals surface area contributed by atoms with Gasteiger partial charge in [0, 0.05) is 37.6 Å². The summed E-state index contributed by atoms with van der Waals surface area (Å²) in [5.41, 5.74) is 9.05. The zero-order chi connectivity index (χ0) is 32.3. The second-order valence-electron chi connectivity index (χ2n) is 12.4. The minimum Gasteiger partial charge on any atom is -0.453 e. The summed E-state index contributed by atoms with van der Waals surface area (Å²) in [6.45, 7) is 1.49. The Bertz CT molecular complexity index is 1810. The molecule has 2 saturated heterocycles. The maximum Gasteiger partial charge on any atom is 0.338 e. The highest BCUT2D eigenvalue weighted by Crippen LogP contribution is 2.35. The second kappa shape index (κ2) is 13.4. The molecule has 7 rings (SSSR count). The molecule has 0 unspecified atom stereocenters. The normalized spacial score (nSPS) is 21.7. The summed E-state index contributed by atoms with van der Waals surface area (Å²) in [7, 11) is 4.02. The molecule has 0 aliphatic carbocycles. The number of nitrogens with zero attached hydrogens (tertiary/aromatic N) is 1. The number of nitrogens with one attached hydrogen (secondary N) is 1. The van der Waals surface area contributed by atoms with E-state index in [-0.39, 0.29) is 19.0 Å². The van der Waals surface area contributed by atoms with Crippen molar-refractivity contribution in [3.8, 4) is 0 Å². The van der Waals surface area contributed by atoms with E-state index >= 15 is 0 Å². The number of hydrogen-bond donors (Lipinski definition) is 1. The summed E-state index contributed by atoms with van der Waals surface area (Å²) >= 11 is 0. The van der Waals surface area contributed by atoms with Crippen LogP contribution in [0.2, 0.25) is 0 Å². The van der Waals surface area contributed by atoms with Crippen molar-refractivity contribution in [1.29, 1.82) is 0 Å². The highest BCUT2D eigenvalue weighted by molar-refractivity contribution is 5.99. The number of rotatable bonds is 9. The number of Topliss-reactive ketones (excluding diaryl/α,β-unsaturated/α-hetero) is 1. The second-order valence-corrected chi connectivity index (χ2v) is 12.4. The van der Waals surface area contributed by atoms with E-state index in [2.05, 4.69) is 47.6 Å². The minimum atomic E-state index is -0.572. The van der Waals surface area contributed by atoms with Crippen molar-refractivity contribution in [1.82, 2.24) is 0 Å². The topological polar surface area (TPSA) is 77.1 Å². The van der Waals surface area contributed by atoms with Crippen LogP contribution in [0.4, 0.5) is 11.4 Å². The fourth-order valence-electron chi connectivity index (χ4n) is 6.53. The number of benzene rings is 4. The Hall–Kier alpha value is -4.98. The molecule has 3 aliphatic rings. The van der Waals surface area contributed by atoms with Gasteiger partial charge in [-0.3, -0.25) is 4.79 Å². The number of likely N-dealkylation sites (N-methyl/N-ethyl adjacent to an activating group) is 1. The minimum absolute atomic E-state index is 0.0237. The van der Waals surface area contributed by atoms with Gasteiger partial charge in [0.15, 0.2) is 11.9 Å². The molecule has 0 aromatic heterocycles. The number of carbonyl (C=O) groups is 2. The van der Waals surface area contributed by atoms with Gasteiger partial charge in [-0.2, -0.15) is 0 Å². The zero-order valence-corrected chi connectivity index (χ0v) is 26.6. The van der Waals surface area contributed by atoms with E-state index in [0.717, 1.165) is 35.3 Å². The Morgan fingerprint density at radius 2 is 1.32 bits per heavy atom. The number of esters is 1.